The zero-order valence-electron chi connectivity index (χ0n) is 25.7. The van der Waals surface area contributed by atoms with E-state index in [9.17, 15) is 0 Å². The number of allylic oxidation sites excluding steroid dienone is 1. The quantitative estimate of drug-likeness (QED) is 0.138. The normalized spacial score (nSPS) is 13.0. The third-order valence-corrected chi connectivity index (χ3v) is 8.27. The van der Waals surface area contributed by atoms with Gasteiger partial charge in [0.1, 0.15) is 0 Å². The summed E-state index contributed by atoms with van der Waals surface area (Å²) >= 11 is 0. The Hall–Kier alpha value is -5.09. The summed E-state index contributed by atoms with van der Waals surface area (Å²) in [6.07, 6.45) is 4.71. The first-order valence-electron chi connectivity index (χ1n) is 15.6. The summed E-state index contributed by atoms with van der Waals surface area (Å²) in [4.78, 5) is 15.7. The van der Waals surface area contributed by atoms with Crippen molar-refractivity contribution in [2.45, 2.75) is 46.1 Å². The van der Waals surface area contributed by atoms with E-state index in [-0.39, 0.29) is 6.04 Å². The Labute approximate surface area is 260 Å². The van der Waals surface area contributed by atoms with Gasteiger partial charge >= 0.3 is 0 Å². The van der Waals surface area contributed by atoms with Crippen molar-refractivity contribution in [1.82, 2.24) is 9.97 Å². The Morgan fingerprint density at radius 3 is 2.18 bits per heavy atom. The maximum atomic E-state index is 6.73. The smallest absolute Gasteiger partial charge is 0.0972 e. The van der Waals surface area contributed by atoms with E-state index in [0.29, 0.717) is 5.70 Å². The van der Waals surface area contributed by atoms with Crippen LogP contribution in [0, 0.1) is 0 Å². The summed E-state index contributed by atoms with van der Waals surface area (Å²) < 4.78 is 0. The minimum absolute atomic E-state index is 0.0169. The molecule has 4 nitrogen and oxygen atoms in total. The number of fused-ring (bicyclic) bond motifs is 3. The molecule has 2 heterocycles. The van der Waals surface area contributed by atoms with E-state index < -0.39 is 0 Å². The number of nitrogens with zero attached hydrogens (tertiary/aromatic N) is 3. The molecule has 2 N–H and O–H groups in total. The first-order valence-corrected chi connectivity index (χ1v) is 15.6. The van der Waals surface area contributed by atoms with Crippen molar-refractivity contribution < 1.29 is 0 Å². The number of aliphatic imine (C=N–C) groups is 1. The molecule has 0 aliphatic carbocycles. The van der Waals surface area contributed by atoms with Crippen molar-refractivity contribution >= 4 is 33.2 Å². The molecule has 0 bridgehead atoms. The van der Waals surface area contributed by atoms with Gasteiger partial charge in [-0.3, -0.25) is 9.98 Å². The monoisotopic (exact) mass is 574 g/mol. The zero-order valence-corrected chi connectivity index (χ0v) is 25.7. The molecular weight excluding hydrogens is 536 g/mol. The standard InChI is InChI=1S/C40H38N4/c1-4-27-25-31(5-2)42-40-32(27)23-21-30-22-24-37(44-39(30)40)33-19-13-14-20-34(33)38(26-35(41)28-15-9-7-10-16-28)43-36(6-3)29-17-11-8-12-18-29/h7-26,36H,4-6,41H2,1-3H3/b35-26-,43-38?. The molecule has 0 aliphatic rings. The van der Waals surface area contributed by atoms with E-state index in [4.69, 9.17) is 20.7 Å². The molecule has 6 aromatic rings. The predicted molar refractivity (Wildman–Crippen MR) is 186 cm³/mol. The maximum absolute atomic E-state index is 6.73. The second kappa shape index (κ2) is 13.0. The van der Waals surface area contributed by atoms with Crippen LogP contribution in [-0.4, -0.2) is 15.7 Å². The van der Waals surface area contributed by atoms with Gasteiger partial charge in [0.15, 0.2) is 0 Å². The average Bonchev–Trinajstić information content (AvgIpc) is 3.09. The lowest BCUT2D eigenvalue weighted by atomic mass is 9.96. The van der Waals surface area contributed by atoms with E-state index in [1.165, 1.54) is 16.5 Å². The molecule has 4 aromatic carbocycles. The number of hydrogen-bond acceptors (Lipinski definition) is 4. The number of rotatable bonds is 9. The van der Waals surface area contributed by atoms with E-state index in [0.717, 1.165) is 69.5 Å². The number of aromatic nitrogens is 2. The molecular formula is C40H38N4. The fraction of sp³-hybridized carbons (Fsp3) is 0.175. The minimum atomic E-state index is -0.0169. The van der Waals surface area contributed by atoms with Crippen LogP contribution in [-0.2, 0) is 12.8 Å². The maximum Gasteiger partial charge on any atom is 0.0972 e. The summed E-state index contributed by atoms with van der Waals surface area (Å²) in [6.45, 7) is 6.53. The first kappa shape index (κ1) is 29.0. The molecule has 4 heteroatoms. The van der Waals surface area contributed by atoms with Crippen LogP contribution >= 0.6 is 0 Å². The second-order valence-corrected chi connectivity index (χ2v) is 11.1. The lowest BCUT2D eigenvalue weighted by molar-refractivity contribution is 0.702. The molecule has 0 radical (unpaired) electrons. The largest absolute Gasteiger partial charge is 0.398 e. The van der Waals surface area contributed by atoms with Gasteiger partial charge in [-0.15, -0.1) is 0 Å². The van der Waals surface area contributed by atoms with Crippen LogP contribution in [0.4, 0.5) is 0 Å². The molecule has 0 saturated heterocycles. The zero-order chi connectivity index (χ0) is 30.5. The number of hydrogen-bond donors (Lipinski definition) is 1. The predicted octanol–water partition coefficient (Wildman–Crippen LogP) is 9.51. The van der Waals surface area contributed by atoms with Gasteiger partial charge in [-0.1, -0.05) is 124 Å². The lowest BCUT2D eigenvalue weighted by Crippen LogP contribution is -2.08. The van der Waals surface area contributed by atoms with Crippen LogP contribution < -0.4 is 5.73 Å². The van der Waals surface area contributed by atoms with Gasteiger partial charge in [0, 0.05) is 33.3 Å². The van der Waals surface area contributed by atoms with Gasteiger partial charge in [-0.05, 0) is 54.2 Å². The van der Waals surface area contributed by atoms with Crippen molar-refractivity contribution in [3.63, 3.8) is 0 Å². The number of nitrogens with two attached hydrogens (primary N) is 1. The van der Waals surface area contributed by atoms with Gasteiger partial charge in [-0.2, -0.15) is 0 Å². The van der Waals surface area contributed by atoms with Crippen molar-refractivity contribution in [3.8, 4) is 11.3 Å². The van der Waals surface area contributed by atoms with Crippen LogP contribution in [0.2, 0.25) is 0 Å². The van der Waals surface area contributed by atoms with Crippen molar-refractivity contribution in [2.24, 2.45) is 10.7 Å². The summed E-state index contributed by atoms with van der Waals surface area (Å²) in [5.41, 5.74) is 17.5. The Morgan fingerprint density at radius 1 is 0.750 bits per heavy atom. The fourth-order valence-corrected chi connectivity index (χ4v) is 5.84. The molecule has 0 fully saturated rings. The number of aryl methyl sites for hydroxylation is 2. The SMILES string of the molecule is CCc1cc(CC)c2ccc3ccc(-c4ccccc4C(/C=C(\N)c4ccccc4)=NC(CC)c4ccccc4)nc3c2n1. The van der Waals surface area contributed by atoms with Gasteiger partial charge in [0.2, 0.25) is 0 Å². The first-order chi connectivity index (χ1) is 21.6. The highest BCUT2D eigenvalue weighted by Gasteiger charge is 2.17. The molecule has 6 rings (SSSR count). The lowest BCUT2D eigenvalue weighted by Gasteiger charge is -2.16. The Kier molecular flexibility index (Phi) is 8.60. The van der Waals surface area contributed by atoms with Gasteiger partial charge in [0.05, 0.1) is 28.5 Å². The molecule has 1 unspecified atom stereocenters. The van der Waals surface area contributed by atoms with E-state index >= 15 is 0 Å². The highest BCUT2D eigenvalue weighted by Crippen LogP contribution is 2.32. The van der Waals surface area contributed by atoms with Crippen molar-refractivity contribution in [2.75, 3.05) is 0 Å². The summed E-state index contributed by atoms with van der Waals surface area (Å²) in [5.74, 6) is 0. The van der Waals surface area contributed by atoms with Crippen molar-refractivity contribution in [1.29, 1.82) is 0 Å². The number of pyridine rings is 2. The number of benzene rings is 4. The minimum Gasteiger partial charge on any atom is -0.398 e. The molecule has 0 aliphatic heterocycles. The third-order valence-electron chi connectivity index (χ3n) is 8.27. The summed E-state index contributed by atoms with van der Waals surface area (Å²) in [5, 5.41) is 2.25. The Balaban J connectivity index is 1.56. The highest BCUT2D eigenvalue weighted by molar-refractivity contribution is 6.15. The molecule has 218 valence electrons. The third kappa shape index (κ3) is 5.89. The second-order valence-electron chi connectivity index (χ2n) is 11.1. The Bertz CT molecular complexity index is 1970. The van der Waals surface area contributed by atoms with Gasteiger partial charge in [0.25, 0.3) is 0 Å². The van der Waals surface area contributed by atoms with E-state index in [1.807, 2.05) is 42.5 Å². The van der Waals surface area contributed by atoms with E-state index in [2.05, 4.69) is 99.6 Å². The van der Waals surface area contributed by atoms with Crippen LogP contribution in [0.15, 0.2) is 126 Å². The average molecular weight is 575 g/mol. The van der Waals surface area contributed by atoms with E-state index in [1.54, 1.807) is 0 Å². The Morgan fingerprint density at radius 2 is 1.45 bits per heavy atom. The molecule has 44 heavy (non-hydrogen) atoms. The molecule has 0 saturated carbocycles. The van der Waals surface area contributed by atoms with Crippen LogP contribution in [0.5, 0.6) is 0 Å². The van der Waals surface area contributed by atoms with Crippen LogP contribution in [0.3, 0.4) is 0 Å². The topological polar surface area (TPSA) is 64.2 Å². The van der Waals surface area contributed by atoms with Crippen molar-refractivity contribution in [3.05, 3.63) is 149 Å². The van der Waals surface area contributed by atoms with Gasteiger partial charge < -0.3 is 5.73 Å². The molecule has 0 spiro atoms. The highest BCUT2D eigenvalue weighted by atomic mass is 14.8. The van der Waals surface area contributed by atoms with Gasteiger partial charge in [-0.25, -0.2) is 4.98 Å². The summed E-state index contributed by atoms with van der Waals surface area (Å²) in [7, 11) is 0. The van der Waals surface area contributed by atoms with Crippen LogP contribution in [0.1, 0.15) is 61.2 Å². The molecule has 2 aromatic heterocycles. The van der Waals surface area contributed by atoms with Crippen LogP contribution in [0.25, 0.3) is 38.8 Å². The summed E-state index contributed by atoms with van der Waals surface area (Å²) in [6, 6.07) is 39.7. The molecule has 0 amide bonds. The fourth-order valence-electron chi connectivity index (χ4n) is 5.84. The molecule has 1 atom stereocenters.